The fourth-order valence-corrected chi connectivity index (χ4v) is 2.20. The van der Waals surface area contributed by atoms with Crippen LogP contribution < -0.4 is 4.74 Å². The summed E-state index contributed by atoms with van der Waals surface area (Å²) in [7, 11) is 1.41. The summed E-state index contributed by atoms with van der Waals surface area (Å²) in [6.07, 6.45) is 0. The number of nitrogens with zero attached hydrogens (tertiary/aromatic N) is 1. The van der Waals surface area contributed by atoms with Gasteiger partial charge in [-0.25, -0.2) is 9.18 Å². The molecule has 1 amide bonds. The van der Waals surface area contributed by atoms with E-state index in [-0.39, 0.29) is 18.7 Å². The molecule has 1 aliphatic rings. The van der Waals surface area contributed by atoms with Crippen LogP contribution in [0.3, 0.4) is 0 Å². The van der Waals surface area contributed by atoms with Gasteiger partial charge in [0.25, 0.3) is 5.91 Å². The molecule has 0 bridgehead atoms. The molecule has 1 saturated heterocycles. The van der Waals surface area contributed by atoms with E-state index < -0.39 is 29.9 Å². The third-order valence-electron chi connectivity index (χ3n) is 3.29. The molecule has 6 nitrogen and oxygen atoms in total. The number of benzene rings is 1. The molecule has 0 unspecified atom stereocenters. The molecule has 1 aromatic carbocycles. The summed E-state index contributed by atoms with van der Waals surface area (Å²) in [4.78, 5) is 24.0. The van der Waals surface area contributed by atoms with Crippen molar-refractivity contribution in [1.82, 2.24) is 4.90 Å². The Morgan fingerprint density at radius 3 is 2.62 bits per heavy atom. The molecule has 2 rings (SSSR count). The molecule has 1 fully saturated rings. The zero-order valence-electron chi connectivity index (χ0n) is 11.8. The average molecular weight is 297 g/mol. The molecule has 0 radical (unpaired) electrons. The number of aliphatic carboxylic acids is 1. The first kappa shape index (κ1) is 15.2. The van der Waals surface area contributed by atoms with E-state index in [0.717, 1.165) is 6.07 Å². The van der Waals surface area contributed by atoms with Crippen LogP contribution in [0.2, 0.25) is 0 Å². The molecule has 1 aliphatic heterocycles. The van der Waals surface area contributed by atoms with E-state index in [2.05, 4.69) is 0 Å². The van der Waals surface area contributed by atoms with Gasteiger partial charge >= 0.3 is 5.97 Å². The maximum atomic E-state index is 13.8. The van der Waals surface area contributed by atoms with Gasteiger partial charge in [-0.3, -0.25) is 4.79 Å². The number of halogens is 1. The third kappa shape index (κ3) is 3.30. The largest absolute Gasteiger partial charge is 0.497 e. The van der Waals surface area contributed by atoms with Crippen LogP contribution >= 0.6 is 0 Å². The van der Waals surface area contributed by atoms with E-state index in [4.69, 9.17) is 14.6 Å². The SMILES string of the molecule is COc1ccc(C(=O)N2CC(C)(OCC(=O)O)C2)c(F)c1. The zero-order valence-corrected chi connectivity index (χ0v) is 11.8. The number of amides is 1. The Morgan fingerprint density at radius 1 is 1.43 bits per heavy atom. The van der Waals surface area contributed by atoms with E-state index in [1.54, 1.807) is 6.92 Å². The summed E-state index contributed by atoms with van der Waals surface area (Å²) in [5, 5.41) is 8.57. The van der Waals surface area contributed by atoms with E-state index in [9.17, 15) is 14.0 Å². The average Bonchev–Trinajstić information content (AvgIpc) is 2.41. The molecule has 1 heterocycles. The standard InChI is InChI=1S/C14H16FNO5/c1-14(21-6-12(17)18)7-16(8-14)13(19)10-4-3-9(20-2)5-11(10)15/h3-5H,6-8H2,1-2H3,(H,17,18). The fourth-order valence-electron chi connectivity index (χ4n) is 2.20. The second kappa shape index (κ2) is 5.69. The first-order valence-corrected chi connectivity index (χ1v) is 6.33. The highest BCUT2D eigenvalue weighted by Crippen LogP contribution is 2.27. The van der Waals surface area contributed by atoms with Crippen LogP contribution in [0, 0.1) is 5.82 Å². The summed E-state index contributed by atoms with van der Waals surface area (Å²) in [6.45, 7) is 1.74. The van der Waals surface area contributed by atoms with E-state index in [0.29, 0.717) is 5.75 Å². The minimum Gasteiger partial charge on any atom is -0.497 e. The highest BCUT2D eigenvalue weighted by molar-refractivity contribution is 5.95. The van der Waals surface area contributed by atoms with Gasteiger partial charge < -0.3 is 19.5 Å². The number of carboxylic acid groups (broad SMARTS) is 1. The van der Waals surface area contributed by atoms with Gasteiger partial charge in [0.15, 0.2) is 0 Å². The maximum Gasteiger partial charge on any atom is 0.329 e. The summed E-state index contributed by atoms with van der Waals surface area (Å²) in [6, 6.07) is 4.02. The molecule has 0 atom stereocenters. The number of hydrogen-bond donors (Lipinski definition) is 1. The molecule has 114 valence electrons. The highest BCUT2D eigenvalue weighted by atomic mass is 19.1. The van der Waals surface area contributed by atoms with Crippen LogP contribution in [0.25, 0.3) is 0 Å². The number of methoxy groups -OCH3 is 1. The third-order valence-corrected chi connectivity index (χ3v) is 3.29. The molecule has 0 saturated carbocycles. The highest BCUT2D eigenvalue weighted by Gasteiger charge is 2.43. The summed E-state index contributed by atoms with van der Waals surface area (Å²) in [5.41, 5.74) is -0.743. The Morgan fingerprint density at radius 2 is 2.10 bits per heavy atom. The van der Waals surface area contributed by atoms with E-state index >= 15 is 0 Å². The minimum absolute atomic E-state index is 0.0453. The summed E-state index contributed by atoms with van der Waals surface area (Å²) < 4.78 is 23.9. The lowest BCUT2D eigenvalue weighted by molar-refractivity contribution is -0.159. The van der Waals surface area contributed by atoms with Crippen molar-refractivity contribution < 1.29 is 28.6 Å². The first-order valence-electron chi connectivity index (χ1n) is 6.33. The molecular formula is C14H16FNO5. The minimum atomic E-state index is -1.07. The molecule has 0 aromatic heterocycles. The summed E-state index contributed by atoms with van der Waals surface area (Å²) >= 11 is 0. The Balaban J connectivity index is 1.99. The van der Waals surface area contributed by atoms with Gasteiger partial charge in [-0.1, -0.05) is 0 Å². The number of hydrogen-bond acceptors (Lipinski definition) is 4. The Kier molecular flexibility index (Phi) is 4.13. The van der Waals surface area contributed by atoms with Crippen molar-refractivity contribution in [3.8, 4) is 5.75 Å². The summed E-state index contributed by atoms with van der Waals surface area (Å²) in [5.74, 6) is -1.84. The van der Waals surface area contributed by atoms with Crippen LogP contribution in [0.1, 0.15) is 17.3 Å². The van der Waals surface area contributed by atoms with Crippen molar-refractivity contribution in [2.45, 2.75) is 12.5 Å². The predicted octanol–water partition coefficient (Wildman–Crippen LogP) is 1.15. The van der Waals surface area contributed by atoms with Crippen LogP contribution in [-0.2, 0) is 9.53 Å². The van der Waals surface area contributed by atoms with Crippen LogP contribution in [0.5, 0.6) is 5.75 Å². The number of carbonyl (C=O) groups excluding carboxylic acids is 1. The quantitative estimate of drug-likeness (QED) is 0.882. The molecular weight excluding hydrogens is 281 g/mol. The van der Waals surface area contributed by atoms with Gasteiger partial charge in [0, 0.05) is 6.07 Å². The molecule has 0 aliphatic carbocycles. The fraction of sp³-hybridized carbons (Fsp3) is 0.429. The lowest BCUT2D eigenvalue weighted by Gasteiger charge is -2.47. The van der Waals surface area contributed by atoms with Crippen molar-refractivity contribution in [3.63, 3.8) is 0 Å². The van der Waals surface area contributed by atoms with E-state index in [1.165, 1.54) is 24.1 Å². The number of ether oxygens (including phenoxy) is 2. The smallest absolute Gasteiger partial charge is 0.329 e. The lowest BCUT2D eigenvalue weighted by atomic mass is 9.95. The number of carbonyl (C=O) groups is 2. The maximum absolute atomic E-state index is 13.8. The van der Waals surface area contributed by atoms with Gasteiger partial charge in [0.05, 0.1) is 25.8 Å². The van der Waals surface area contributed by atoms with Crippen molar-refractivity contribution in [2.75, 3.05) is 26.8 Å². The Hall–Kier alpha value is -2.15. The van der Waals surface area contributed by atoms with Gasteiger partial charge in [0.1, 0.15) is 23.8 Å². The topological polar surface area (TPSA) is 76.1 Å². The molecule has 1 aromatic rings. The first-order chi connectivity index (χ1) is 9.84. The number of carboxylic acids is 1. The molecule has 0 spiro atoms. The van der Waals surface area contributed by atoms with Gasteiger partial charge in [0.2, 0.25) is 0 Å². The van der Waals surface area contributed by atoms with Crippen molar-refractivity contribution in [2.24, 2.45) is 0 Å². The lowest BCUT2D eigenvalue weighted by Crippen LogP contribution is -2.63. The van der Waals surface area contributed by atoms with Crippen molar-refractivity contribution in [1.29, 1.82) is 0 Å². The van der Waals surface area contributed by atoms with Crippen LogP contribution in [-0.4, -0.2) is 54.3 Å². The van der Waals surface area contributed by atoms with Gasteiger partial charge in [-0.15, -0.1) is 0 Å². The predicted molar refractivity (Wildman–Crippen MR) is 70.8 cm³/mol. The van der Waals surface area contributed by atoms with Crippen molar-refractivity contribution >= 4 is 11.9 Å². The zero-order chi connectivity index (χ0) is 15.6. The monoisotopic (exact) mass is 297 g/mol. The second-order valence-electron chi connectivity index (χ2n) is 5.14. The normalized spacial score (nSPS) is 16.2. The van der Waals surface area contributed by atoms with E-state index in [1.807, 2.05) is 0 Å². The van der Waals surface area contributed by atoms with Crippen LogP contribution in [0.15, 0.2) is 18.2 Å². The van der Waals surface area contributed by atoms with Crippen LogP contribution in [0.4, 0.5) is 4.39 Å². The van der Waals surface area contributed by atoms with Gasteiger partial charge in [-0.05, 0) is 19.1 Å². The molecule has 21 heavy (non-hydrogen) atoms. The number of rotatable bonds is 5. The van der Waals surface area contributed by atoms with Gasteiger partial charge in [-0.2, -0.15) is 0 Å². The Labute approximate surface area is 121 Å². The molecule has 7 heteroatoms. The Bertz CT molecular complexity index is 568. The number of likely N-dealkylation sites (tertiary alicyclic amines) is 1. The molecule has 1 N–H and O–H groups in total. The second-order valence-corrected chi connectivity index (χ2v) is 5.14. The van der Waals surface area contributed by atoms with Crippen molar-refractivity contribution in [3.05, 3.63) is 29.6 Å².